The number of rotatable bonds is 6. The van der Waals surface area contributed by atoms with Gasteiger partial charge in [0.15, 0.2) is 0 Å². The monoisotopic (exact) mass is 283 g/mol. The average Bonchev–Trinajstić information content (AvgIpc) is 2.49. The van der Waals surface area contributed by atoms with Crippen molar-refractivity contribution in [2.75, 3.05) is 13.7 Å². The highest BCUT2D eigenvalue weighted by molar-refractivity contribution is 5.96. The zero-order valence-corrected chi connectivity index (χ0v) is 12.5. The summed E-state index contributed by atoms with van der Waals surface area (Å²) in [5, 5.41) is 2.96. The van der Waals surface area contributed by atoms with Crippen molar-refractivity contribution in [2.24, 2.45) is 0 Å². The zero-order valence-electron chi connectivity index (χ0n) is 12.5. The van der Waals surface area contributed by atoms with Crippen molar-refractivity contribution in [1.29, 1.82) is 0 Å². The molecule has 3 nitrogen and oxygen atoms in total. The van der Waals surface area contributed by atoms with E-state index in [1.54, 1.807) is 7.11 Å². The number of carbonyl (C=O) groups is 1. The van der Waals surface area contributed by atoms with Crippen LogP contribution < -0.4 is 5.32 Å². The predicted molar refractivity (Wildman–Crippen MR) is 84.5 cm³/mol. The lowest BCUT2D eigenvalue weighted by molar-refractivity contribution is 0.0905. The minimum Gasteiger partial charge on any atom is -0.383 e. The SMILES string of the molecule is COC[C@H](C)NC(=O)c1ccccc1Cc1ccccc1. The first-order valence-electron chi connectivity index (χ1n) is 7.12. The van der Waals surface area contributed by atoms with E-state index in [-0.39, 0.29) is 11.9 Å². The molecule has 0 radical (unpaired) electrons. The van der Waals surface area contributed by atoms with Crippen LogP contribution in [0, 0.1) is 0 Å². The van der Waals surface area contributed by atoms with E-state index in [1.165, 1.54) is 5.56 Å². The van der Waals surface area contributed by atoms with Gasteiger partial charge in [-0.3, -0.25) is 4.79 Å². The van der Waals surface area contributed by atoms with Crippen molar-refractivity contribution < 1.29 is 9.53 Å². The molecule has 0 spiro atoms. The molecule has 21 heavy (non-hydrogen) atoms. The summed E-state index contributed by atoms with van der Waals surface area (Å²) >= 11 is 0. The smallest absolute Gasteiger partial charge is 0.251 e. The molecule has 0 aliphatic carbocycles. The standard InChI is InChI=1S/C18H21NO2/c1-14(13-21-2)19-18(20)17-11-7-6-10-16(17)12-15-8-4-3-5-9-15/h3-11,14H,12-13H2,1-2H3,(H,19,20)/t14-/m0/s1. The van der Waals surface area contributed by atoms with Crippen LogP contribution >= 0.6 is 0 Å². The summed E-state index contributed by atoms with van der Waals surface area (Å²) in [6.45, 7) is 2.44. The average molecular weight is 283 g/mol. The maximum absolute atomic E-state index is 12.4. The maximum Gasteiger partial charge on any atom is 0.251 e. The molecule has 0 saturated heterocycles. The Labute approximate surface area is 126 Å². The van der Waals surface area contributed by atoms with E-state index in [0.29, 0.717) is 6.61 Å². The maximum atomic E-state index is 12.4. The summed E-state index contributed by atoms with van der Waals surface area (Å²) in [6.07, 6.45) is 0.753. The highest BCUT2D eigenvalue weighted by Gasteiger charge is 2.13. The summed E-state index contributed by atoms with van der Waals surface area (Å²) in [7, 11) is 1.63. The molecule has 2 aromatic rings. The summed E-state index contributed by atoms with van der Waals surface area (Å²) in [5.74, 6) is -0.0499. The Morgan fingerprint density at radius 1 is 1.10 bits per heavy atom. The number of benzene rings is 2. The van der Waals surface area contributed by atoms with E-state index in [0.717, 1.165) is 17.5 Å². The van der Waals surface area contributed by atoms with E-state index in [1.807, 2.05) is 49.4 Å². The number of amides is 1. The molecule has 0 aliphatic heterocycles. The molecule has 2 aromatic carbocycles. The molecule has 1 N–H and O–H groups in total. The molecule has 0 aromatic heterocycles. The normalized spacial score (nSPS) is 11.9. The summed E-state index contributed by atoms with van der Waals surface area (Å²) in [5.41, 5.74) is 2.96. The van der Waals surface area contributed by atoms with Gasteiger partial charge in [0.1, 0.15) is 0 Å². The Hall–Kier alpha value is -2.13. The number of carbonyl (C=O) groups excluding carboxylic acids is 1. The lowest BCUT2D eigenvalue weighted by atomic mass is 9.99. The molecule has 1 amide bonds. The summed E-state index contributed by atoms with van der Waals surface area (Å²) < 4.78 is 5.05. The van der Waals surface area contributed by atoms with E-state index in [9.17, 15) is 4.79 Å². The van der Waals surface area contributed by atoms with Crippen LogP contribution in [0.4, 0.5) is 0 Å². The molecule has 3 heteroatoms. The molecule has 0 saturated carbocycles. The van der Waals surface area contributed by atoms with E-state index in [2.05, 4.69) is 17.4 Å². The second kappa shape index (κ2) is 7.60. The minimum absolute atomic E-state index is 0.00715. The lowest BCUT2D eigenvalue weighted by Gasteiger charge is -2.15. The highest BCUT2D eigenvalue weighted by Crippen LogP contribution is 2.14. The number of hydrogen-bond donors (Lipinski definition) is 1. The van der Waals surface area contributed by atoms with Crippen LogP contribution in [-0.4, -0.2) is 25.7 Å². The van der Waals surface area contributed by atoms with Gasteiger partial charge in [0, 0.05) is 18.7 Å². The number of hydrogen-bond acceptors (Lipinski definition) is 2. The first-order valence-corrected chi connectivity index (χ1v) is 7.12. The summed E-state index contributed by atoms with van der Waals surface area (Å²) in [4.78, 5) is 12.4. The van der Waals surface area contributed by atoms with Crippen LogP contribution in [-0.2, 0) is 11.2 Å². The topological polar surface area (TPSA) is 38.3 Å². The van der Waals surface area contributed by atoms with Gasteiger partial charge >= 0.3 is 0 Å². The van der Waals surface area contributed by atoms with Gasteiger partial charge in [-0.15, -0.1) is 0 Å². The van der Waals surface area contributed by atoms with Gasteiger partial charge in [0.25, 0.3) is 5.91 Å². The fourth-order valence-corrected chi connectivity index (χ4v) is 2.30. The molecule has 1 atom stereocenters. The van der Waals surface area contributed by atoms with Crippen molar-refractivity contribution in [3.05, 3.63) is 71.3 Å². The fraction of sp³-hybridized carbons (Fsp3) is 0.278. The third-order valence-corrected chi connectivity index (χ3v) is 3.29. The second-order valence-electron chi connectivity index (χ2n) is 5.15. The molecule has 110 valence electrons. The van der Waals surface area contributed by atoms with Gasteiger partial charge in [-0.25, -0.2) is 0 Å². The minimum atomic E-state index is -0.0499. The van der Waals surface area contributed by atoms with Gasteiger partial charge < -0.3 is 10.1 Å². The van der Waals surface area contributed by atoms with Gasteiger partial charge in [-0.1, -0.05) is 48.5 Å². The Morgan fingerprint density at radius 3 is 2.48 bits per heavy atom. The van der Waals surface area contributed by atoms with Crippen LogP contribution in [0.5, 0.6) is 0 Å². The van der Waals surface area contributed by atoms with Crippen molar-refractivity contribution >= 4 is 5.91 Å². The lowest BCUT2D eigenvalue weighted by Crippen LogP contribution is -2.36. The molecule has 2 rings (SSSR count). The summed E-state index contributed by atoms with van der Waals surface area (Å²) in [6, 6.07) is 17.9. The van der Waals surface area contributed by atoms with E-state index < -0.39 is 0 Å². The molecule has 0 heterocycles. The van der Waals surface area contributed by atoms with Crippen molar-refractivity contribution in [3.8, 4) is 0 Å². The Balaban J connectivity index is 2.15. The fourth-order valence-electron chi connectivity index (χ4n) is 2.30. The van der Waals surface area contributed by atoms with E-state index >= 15 is 0 Å². The molecular weight excluding hydrogens is 262 g/mol. The third kappa shape index (κ3) is 4.43. The molecule has 0 unspecified atom stereocenters. The van der Waals surface area contributed by atoms with Gasteiger partial charge in [0.05, 0.1) is 6.61 Å². The Bertz CT molecular complexity index is 581. The van der Waals surface area contributed by atoms with Gasteiger partial charge in [-0.05, 0) is 30.5 Å². The van der Waals surface area contributed by atoms with Gasteiger partial charge in [0.2, 0.25) is 0 Å². The number of methoxy groups -OCH3 is 1. The molecule has 0 aliphatic rings. The van der Waals surface area contributed by atoms with Crippen LogP contribution in [0.1, 0.15) is 28.4 Å². The first-order chi connectivity index (χ1) is 10.2. The molecular formula is C18H21NO2. The number of ether oxygens (including phenoxy) is 1. The molecule has 0 bridgehead atoms. The van der Waals surface area contributed by atoms with Crippen LogP contribution in [0.25, 0.3) is 0 Å². The quantitative estimate of drug-likeness (QED) is 0.885. The Kier molecular flexibility index (Phi) is 5.52. The van der Waals surface area contributed by atoms with Crippen molar-refractivity contribution in [1.82, 2.24) is 5.32 Å². The highest BCUT2D eigenvalue weighted by atomic mass is 16.5. The first kappa shape index (κ1) is 15.3. The van der Waals surface area contributed by atoms with Crippen LogP contribution in [0.3, 0.4) is 0 Å². The zero-order chi connectivity index (χ0) is 15.1. The van der Waals surface area contributed by atoms with Gasteiger partial charge in [-0.2, -0.15) is 0 Å². The third-order valence-electron chi connectivity index (χ3n) is 3.29. The van der Waals surface area contributed by atoms with Crippen LogP contribution in [0.2, 0.25) is 0 Å². The van der Waals surface area contributed by atoms with Crippen molar-refractivity contribution in [3.63, 3.8) is 0 Å². The number of nitrogens with one attached hydrogen (secondary N) is 1. The van der Waals surface area contributed by atoms with E-state index in [4.69, 9.17) is 4.74 Å². The van der Waals surface area contributed by atoms with Crippen molar-refractivity contribution in [2.45, 2.75) is 19.4 Å². The van der Waals surface area contributed by atoms with Crippen LogP contribution in [0.15, 0.2) is 54.6 Å². The molecule has 0 fully saturated rings. The predicted octanol–water partition coefficient (Wildman–Crippen LogP) is 3.04. The Morgan fingerprint density at radius 2 is 1.76 bits per heavy atom. The second-order valence-corrected chi connectivity index (χ2v) is 5.15. The largest absolute Gasteiger partial charge is 0.383 e.